The molecule has 1 atom stereocenters. The molecule has 0 aliphatic heterocycles. The molecule has 0 aliphatic carbocycles. The highest BCUT2D eigenvalue weighted by molar-refractivity contribution is 6.32. The number of nitro groups is 1. The van der Waals surface area contributed by atoms with Gasteiger partial charge >= 0.3 is 11.9 Å². The molecule has 0 bridgehead atoms. The largest absolute Gasteiger partial charge is 0.479 e. The van der Waals surface area contributed by atoms with Gasteiger partial charge in [-0.3, -0.25) is 14.8 Å². The summed E-state index contributed by atoms with van der Waals surface area (Å²) in [5, 5.41) is 14.2. The van der Waals surface area contributed by atoms with E-state index in [1.807, 2.05) is 0 Å². The van der Waals surface area contributed by atoms with Crippen molar-refractivity contribution in [2.45, 2.75) is 12.3 Å². The van der Waals surface area contributed by atoms with Crippen molar-refractivity contribution in [2.24, 2.45) is 7.05 Å². The third-order valence-electron chi connectivity index (χ3n) is 4.01. The van der Waals surface area contributed by atoms with Gasteiger partial charge in [-0.25, -0.2) is 0 Å². The second-order valence-corrected chi connectivity index (χ2v) is 6.47. The monoisotopic (exact) mass is 440 g/mol. The molecule has 0 fully saturated rings. The fourth-order valence-electron chi connectivity index (χ4n) is 2.65. The Morgan fingerprint density at radius 3 is 2.47 bits per heavy atom. The lowest BCUT2D eigenvalue weighted by Crippen LogP contribution is -2.12. The van der Waals surface area contributed by atoms with Gasteiger partial charge < -0.3 is 9.47 Å². The van der Waals surface area contributed by atoms with Crippen LogP contribution in [0.1, 0.15) is 17.4 Å². The highest BCUT2D eigenvalue weighted by Crippen LogP contribution is 2.41. The average Bonchev–Trinajstić information content (AvgIpc) is 2.95. The first-order valence-corrected chi connectivity index (χ1v) is 8.76. The number of aryl methyl sites for hydroxylation is 1. The maximum absolute atomic E-state index is 13.1. The molecule has 157 valence electrons. The summed E-state index contributed by atoms with van der Waals surface area (Å²) in [6.45, 7) is 3.83. The van der Waals surface area contributed by atoms with E-state index in [0.29, 0.717) is 10.2 Å². The standard InChI is InChI=1S/C19H14ClF3N3O4/c1-11(12-6-4-3-5-7-12)29-15-10-13(8-9-14(15)26(27)28)30-18-16(20)17(19(21,22)23)25(2)24-18/h3-11H,1H2,2H3. The van der Waals surface area contributed by atoms with Crippen LogP contribution in [0.3, 0.4) is 0 Å². The second-order valence-electron chi connectivity index (χ2n) is 6.09. The maximum Gasteiger partial charge on any atom is 0.434 e. The number of alkyl halides is 3. The van der Waals surface area contributed by atoms with Crippen LogP contribution in [-0.4, -0.2) is 14.7 Å². The van der Waals surface area contributed by atoms with Crippen LogP contribution in [0.25, 0.3) is 0 Å². The number of ether oxygens (including phenoxy) is 2. The summed E-state index contributed by atoms with van der Waals surface area (Å²) < 4.78 is 50.7. The molecular formula is C19H14ClF3N3O4. The molecule has 0 aliphatic rings. The van der Waals surface area contributed by atoms with Gasteiger partial charge in [-0.1, -0.05) is 41.9 Å². The predicted octanol–water partition coefficient (Wildman–Crippen LogP) is 5.75. The number of aromatic nitrogens is 2. The van der Waals surface area contributed by atoms with Gasteiger partial charge in [-0.15, -0.1) is 5.10 Å². The Bertz CT molecular complexity index is 1070. The Labute approximate surface area is 173 Å². The van der Waals surface area contributed by atoms with Crippen molar-refractivity contribution in [1.82, 2.24) is 9.78 Å². The van der Waals surface area contributed by atoms with Gasteiger partial charge in [0.05, 0.1) is 4.92 Å². The Balaban J connectivity index is 1.93. The lowest BCUT2D eigenvalue weighted by molar-refractivity contribution is -0.386. The summed E-state index contributed by atoms with van der Waals surface area (Å²) >= 11 is 5.77. The van der Waals surface area contributed by atoms with E-state index < -0.39 is 33.8 Å². The minimum absolute atomic E-state index is 0.0513. The number of hydrogen-bond donors (Lipinski definition) is 0. The lowest BCUT2D eigenvalue weighted by atomic mass is 10.1. The predicted molar refractivity (Wildman–Crippen MR) is 102 cm³/mol. The minimum Gasteiger partial charge on any atom is -0.479 e. The molecule has 3 aromatic rings. The first-order valence-electron chi connectivity index (χ1n) is 8.38. The van der Waals surface area contributed by atoms with Crippen LogP contribution >= 0.6 is 11.6 Å². The van der Waals surface area contributed by atoms with E-state index in [9.17, 15) is 23.3 Å². The number of hydrogen-bond acceptors (Lipinski definition) is 5. The second kappa shape index (κ2) is 8.23. The summed E-state index contributed by atoms with van der Waals surface area (Å²) in [6, 6.07) is 12.2. The highest BCUT2D eigenvalue weighted by Gasteiger charge is 2.39. The Morgan fingerprint density at radius 2 is 1.90 bits per heavy atom. The summed E-state index contributed by atoms with van der Waals surface area (Å²) in [7, 11) is 1.07. The van der Waals surface area contributed by atoms with Crippen molar-refractivity contribution in [2.75, 3.05) is 0 Å². The van der Waals surface area contributed by atoms with E-state index in [4.69, 9.17) is 21.1 Å². The van der Waals surface area contributed by atoms with Crippen molar-refractivity contribution in [3.8, 4) is 17.4 Å². The molecule has 1 unspecified atom stereocenters. The smallest absolute Gasteiger partial charge is 0.434 e. The molecule has 2 aromatic carbocycles. The van der Waals surface area contributed by atoms with Crippen molar-refractivity contribution in [1.29, 1.82) is 0 Å². The van der Waals surface area contributed by atoms with E-state index in [2.05, 4.69) is 12.0 Å². The van der Waals surface area contributed by atoms with Gasteiger partial charge in [-0.2, -0.15) is 13.2 Å². The van der Waals surface area contributed by atoms with Crippen LogP contribution in [0.5, 0.6) is 17.4 Å². The Hall–Kier alpha value is -3.27. The molecule has 0 spiro atoms. The Kier molecular flexibility index (Phi) is 5.88. The van der Waals surface area contributed by atoms with Crippen LogP contribution in [0.2, 0.25) is 5.02 Å². The van der Waals surface area contributed by atoms with Gasteiger partial charge in [0, 0.05) is 19.2 Å². The number of nitrogens with zero attached hydrogens (tertiary/aromatic N) is 3. The van der Waals surface area contributed by atoms with Gasteiger partial charge in [0.1, 0.15) is 16.9 Å². The molecule has 1 heterocycles. The lowest BCUT2D eigenvalue weighted by Gasteiger charge is -2.15. The number of rotatable bonds is 6. The first kappa shape index (κ1) is 21.4. The molecule has 11 heteroatoms. The zero-order valence-corrected chi connectivity index (χ0v) is 16.1. The zero-order chi connectivity index (χ0) is 22.1. The van der Waals surface area contributed by atoms with Crippen LogP contribution in [-0.2, 0) is 13.2 Å². The number of nitro benzene ring substituents is 1. The third-order valence-corrected chi connectivity index (χ3v) is 4.35. The summed E-state index contributed by atoms with van der Waals surface area (Å²) in [5.74, 6) is -0.727. The molecule has 7 nitrogen and oxygen atoms in total. The molecule has 3 rings (SSSR count). The van der Waals surface area contributed by atoms with Crippen LogP contribution in [0.15, 0.2) is 48.5 Å². The molecule has 1 aromatic heterocycles. The molecule has 0 saturated heterocycles. The van der Waals surface area contributed by atoms with Crippen LogP contribution < -0.4 is 9.47 Å². The van der Waals surface area contributed by atoms with E-state index in [1.165, 1.54) is 6.07 Å². The van der Waals surface area contributed by atoms with E-state index in [0.717, 1.165) is 19.2 Å². The summed E-state index contributed by atoms with van der Waals surface area (Å²) in [4.78, 5) is 10.7. The fraction of sp³-hybridized carbons (Fsp3) is 0.158. The average molecular weight is 441 g/mol. The van der Waals surface area contributed by atoms with Gasteiger partial charge in [0.25, 0.3) is 5.88 Å². The first-order chi connectivity index (χ1) is 14.1. The summed E-state index contributed by atoms with van der Waals surface area (Å²) in [6.07, 6.45) is -5.52. The summed E-state index contributed by atoms with van der Waals surface area (Å²) in [5.41, 5.74) is -0.879. The van der Waals surface area contributed by atoms with Crippen LogP contribution in [0.4, 0.5) is 18.9 Å². The molecule has 30 heavy (non-hydrogen) atoms. The topological polar surface area (TPSA) is 79.4 Å². The Morgan fingerprint density at radius 1 is 1.23 bits per heavy atom. The van der Waals surface area contributed by atoms with E-state index in [-0.39, 0.29) is 17.2 Å². The normalized spacial score (nSPS) is 12.5. The van der Waals surface area contributed by atoms with Gasteiger partial charge in [-0.05, 0) is 18.6 Å². The van der Waals surface area contributed by atoms with E-state index >= 15 is 0 Å². The van der Waals surface area contributed by atoms with Crippen molar-refractivity contribution in [3.05, 3.63) is 81.8 Å². The van der Waals surface area contributed by atoms with Gasteiger partial charge in [0.2, 0.25) is 5.75 Å². The van der Waals surface area contributed by atoms with E-state index in [1.54, 1.807) is 30.3 Å². The van der Waals surface area contributed by atoms with Gasteiger partial charge in [0.15, 0.2) is 5.69 Å². The molecular weight excluding hydrogens is 427 g/mol. The quantitative estimate of drug-likeness (QED) is 0.360. The molecule has 1 radical (unpaired) electrons. The maximum atomic E-state index is 13.1. The van der Waals surface area contributed by atoms with Crippen molar-refractivity contribution < 1.29 is 27.6 Å². The number of benzene rings is 2. The molecule has 0 N–H and O–H groups in total. The molecule has 0 amide bonds. The van der Waals surface area contributed by atoms with Crippen molar-refractivity contribution in [3.63, 3.8) is 0 Å². The minimum atomic E-state index is -4.74. The molecule has 0 saturated carbocycles. The zero-order valence-electron chi connectivity index (χ0n) is 15.4. The van der Waals surface area contributed by atoms with Crippen molar-refractivity contribution >= 4 is 17.3 Å². The number of halogens is 4. The fourth-order valence-corrected chi connectivity index (χ4v) is 2.96. The highest BCUT2D eigenvalue weighted by atomic mass is 35.5. The van der Waals surface area contributed by atoms with Crippen LogP contribution in [0, 0.1) is 17.0 Å². The SMILES string of the molecule is [CH2]C(Oc1cc(Oc2nn(C)c(C(F)(F)F)c2Cl)ccc1[N+](=O)[O-])c1ccccc1. The third kappa shape index (κ3) is 4.48.